The Kier molecular flexibility index (Phi) is 4.90. The third-order valence-corrected chi connectivity index (χ3v) is 4.26. The van der Waals surface area contributed by atoms with Gasteiger partial charge in [-0.2, -0.15) is 0 Å². The number of benzene rings is 2. The summed E-state index contributed by atoms with van der Waals surface area (Å²) >= 11 is 0. The quantitative estimate of drug-likeness (QED) is 0.269. The van der Waals surface area contributed by atoms with E-state index in [9.17, 15) is 29.6 Å². The molecule has 9 heteroatoms. The second kappa shape index (κ2) is 7.31. The van der Waals surface area contributed by atoms with Crippen LogP contribution in [0.25, 0.3) is 0 Å². The van der Waals surface area contributed by atoms with Crippen molar-refractivity contribution in [2.75, 3.05) is 16.8 Å². The normalized spacial score (nSPS) is 15.7. The lowest BCUT2D eigenvalue weighted by atomic mass is 9.89. The number of hydrogen-bond donors (Lipinski definition) is 2. The summed E-state index contributed by atoms with van der Waals surface area (Å²) in [5.41, 5.74) is -0.0611. The lowest BCUT2D eigenvalue weighted by Gasteiger charge is -2.31. The van der Waals surface area contributed by atoms with E-state index >= 15 is 0 Å². The second-order valence-corrected chi connectivity index (χ2v) is 6.00. The van der Waals surface area contributed by atoms with Gasteiger partial charge in [-0.1, -0.05) is 18.2 Å². The zero-order chi connectivity index (χ0) is 20.4. The van der Waals surface area contributed by atoms with Gasteiger partial charge in [-0.3, -0.25) is 24.5 Å². The average Bonchev–Trinajstić information content (AvgIpc) is 2.67. The lowest BCUT2D eigenvalue weighted by Crippen LogP contribution is -2.49. The summed E-state index contributed by atoms with van der Waals surface area (Å²) in [5, 5.41) is 23.0. The third kappa shape index (κ3) is 3.20. The number of rotatable bonds is 5. The first kappa shape index (κ1) is 18.8. The minimum absolute atomic E-state index is 0.0922. The highest BCUT2D eigenvalue weighted by Crippen LogP contribution is 2.33. The SMILES string of the molecule is C=CCN1C(=O)[C@H](C(=O)Nc2cc([N+](=O)[O-])ccc2O)C(=O)c2ccccc21. The zero-order valence-electron chi connectivity index (χ0n) is 14.5. The van der Waals surface area contributed by atoms with Gasteiger partial charge in [0.25, 0.3) is 5.69 Å². The molecular formula is C19H15N3O6. The minimum Gasteiger partial charge on any atom is -0.506 e. The Bertz CT molecular complexity index is 1020. The Morgan fingerprint density at radius 2 is 2.00 bits per heavy atom. The molecule has 1 heterocycles. The summed E-state index contributed by atoms with van der Waals surface area (Å²) in [4.78, 5) is 49.7. The highest BCUT2D eigenvalue weighted by molar-refractivity contribution is 6.32. The number of phenolic OH excluding ortho intramolecular Hbond substituents is 1. The molecular weight excluding hydrogens is 366 g/mol. The summed E-state index contributed by atoms with van der Waals surface area (Å²) in [7, 11) is 0. The van der Waals surface area contributed by atoms with E-state index in [1.807, 2.05) is 0 Å². The Morgan fingerprint density at radius 3 is 2.68 bits per heavy atom. The number of nitro benzene ring substituents is 1. The smallest absolute Gasteiger partial charge is 0.271 e. The standard InChI is InChI=1S/C19H15N3O6/c1-2-9-21-14-6-4-3-5-12(14)17(24)16(19(21)26)18(25)20-13-10-11(22(27)28)7-8-15(13)23/h2-8,10,16,23H,1,9H2,(H,20,25)/t16-/m0/s1. The molecule has 0 radical (unpaired) electrons. The van der Waals surface area contributed by atoms with Gasteiger partial charge in [0.15, 0.2) is 11.7 Å². The average molecular weight is 381 g/mol. The van der Waals surface area contributed by atoms with Crippen molar-refractivity contribution in [1.29, 1.82) is 0 Å². The first-order valence-corrected chi connectivity index (χ1v) is 8.19. The van der Waals surface area contributed by atoms with Crippen LogP contribution in [-0.4, -0.2) is 34.2 Å². The van der Waals surface area contributed by atoms with Gasteiger partial charge in [-0.05, 0) is 18.2 Å². The summed E-state index contributed by atoms with van der Waals surface area (Å²) in [6.45, 7) is 3.67. The molecule has 142 valence electrons. The molecule has 0 bridgehead atoms. The van der Waals surface area contributed by atoms with Crippen molar-refractivity contribution < 1.29 is 24.4 Å². The fourth-order valence-electron chi connectivity index (χ4n) is 2.95. The molecule has 1 atom stereocenters. The number of nitrogens with zero attached hydrogens (tertiary/aromatic N) is 2. The highest BCUT2D eigenvalue weighted by atomic mass is 16.6. The number of ketones is 1. The molecule has 0 saturated heterocycles. The summed E-state index contributed by atoms with van der Waals surface area (Å²) in [6.07, 6.45) is 1.46. The van der Waals surface area contributed by atoms with E-state index in [4.69, 9.17) is 0 Å². The van der Waals surface area contributed by atoms with Gasteiger partial charge in [0.05, 0.1) is 16.3 Å². The fraction of sp³-hybridized carbons (Fsp3) is 0.105. The molecule has 2 amide bonds. The molecule has 1 aliphatic rings. The van der Waals surface area contributed by atoms with Crippen LogP contribution in [0, 0.1) is 16.0 Å². The number of nitro groups is 1. The maximum Gasteiger partial charge on any atom is 0.271 e. The number of non-ortho nitro benzene ring substituents is 1. The molecule has 9 nitrogen and oxygen atoms in total. The number of nitrogens with one attached hydrogen (secondary N) is 1. The van der Waals surface area contributed by atoms with Crippen LogP contribution in [0.15, 0.2) is 55.1 Å². The fourth-order valence-corrected chi connectivity index (χ4v) is 2.95. The summed E-state index contributed by atoms with van der Waals surface area (Å²) < 4.78 is 0. The van der Waals surface area contributed by atoms with Gasteiger partial charge in [-0.15, -0.1) is 6.58 Å². The summed E-state index contributed by atoms with van der Waals surface area (Å²) in [5.74, 6) is -4.55. The van der Waals surface area contributed by atoms with Gasteiger partial charge in [0.1, 0.15) is 5.75 Å². The molecule has 0 fully saturated rings. The Balaban J connectivity index is 1.97. The molecule has 0 unspecified atom stereocenters. The molecule has 2 N–H and O–H groups in total. The van der Waals surface area contributed by atoms with Gasteiger partial charge < -0.3 is 15.3 Å². The molecule has 0 saturated carbocycles. The van der Waals surface area contributed by atoms with Gasteiger partial charge in [0.2, 0.25) is 11.8 Å². The highest BCUT2D eigenvalue weighted by Gasteiger charge is 2.43. The Labute approximate surface area is 159 Å². The number of amides is 2. The number of carbonyl (C=O) groups is 3. The van der Waals surface area contributed by atoms with Crippen molar-refractivity contribution in [3.05, 3.63) is 70.8 Å². The maximum atomic E-state index is 12.8. The van der Waals surface area contributed by atoms with E-state index < -0.39 is 34.2 Å². The topological polar surface area (TPSA) is 130 Å². The van der Waals surface area contributed by atoms with Gasteiger partial charge >= 0.3 is 0 Å². The number of carbonyl (C=O) groups excluding carboxylic acids is 3. The first-order valence-electron chi connectivity index (χ1n) is 8.19. The number of aromatic hydroxyl groups is 1. The molecule has 0 spiro atoms. The molecule has 2 aromatic carbocycles. The predicted molar refractivity (Wildman–Crippen MR) is 100 cm³/mol. The van der Waals surface area contributed by atoms with Crippen molar-refractivity contribution in [1.82, 2.24) is 0 Å². The monoisotopic (exact) mass is 381 g/mol. The number of fused-ring (bicyclic) bond motifs is 1. The van der Waals surface area contributed by atoms with E-state index in [1.54, 1.807) is 18.2 Å². The lowest BCUT2D eigenvalue weighted by molar-refractivity contribution is -0.384. The Morgan fingerprint density at radius 1 is 1.29 bits per heavy atom. The molecule has 3 rings (SSSR count). The van der Waals surface area contributed by atoms with Crippen molar-refractivity contribution >= 4 is 34.7 Å². The Hall–Kier alpha value is -4.01. The summed E-state index contributed by atoms with van der Waals surface area (Å²) in [6, 6.07) is 9.42. The van der Waals surface area contributed by atoms with Crippen LogP contribution in [0.2, 0.25) is 0 Å². The largest absolute Gasteiger partial charge is 0.506 e. The van der Waals surface area contributed by atoms with E-state index in [1.165, 1.54) is 17.0 Å². The number of phenols is 1. The molecule has 28 heavy (non-hydrogen) atoms. The van der Waals surface area contributed by atoms with Crippen molar-refractivity contribution in [2.24, 2.45) is 5.92 Å². The predicted octanol–water partition coefficient (Wildman–Crippen LogP) is 2.27. The number of hydrogen-bond acceptors (Lipinski definition) is 6. The van der Waals surface area contributed by atoms with Crippen molar-refractivity contribution in [2.45, 2.75) is 0 Å². The van der Waals surface area contributed by atoms with E-state index in [0.717, 1.165) is 18.2 Å². The van der Waals surface area contributed by atoms with Crippen LogP contribution in [0.1, 0.15) is 10.4 Å². The van der Waals surface area contributed by atoms with Crippen molar-refractivity contribution in [3.8, 4) is 5.75 Å². The first-order chi connectivity index (χ1) is 13.3. The van der Waals surface area contributed by atoms with Crippen LogP contribution < -0.4 is 10.2 Å². The number of anilines is 2. The number of para-hydroxylation sites is 1. The third-order valence-electron chi connectivity index (χ3n) is 4.26. The van der Waals surface area contributed by atoms with Gasteiger partial charge in [-0.25, -0.2) is 0 Å². The minimum atomic E-state index is -1.69. The van der Waals surface area contributed by atoms with Crippen molar-refractivity contribution in [3.63, 3.8) is 0 Å². The number of Topliss-reactive ketones (excluding diaryl/α,β-unsaturated/α-hetero) is 1. The van der Waals surface area contributed by atoms with Crippen LogP contribution in [0.5, 0.6) is 5.75 Å². The van der Waals surface area contributed by atoms with E-state index in [2.05, 4.69) is 11.9 Å². The van der Waals surface area contributed by atoms with E-state index in [0.29, 0.717) is 5.69 Å². The molecule has 1 aliphatic heterocycles. The zero-order valence-corrected chi connectivity index (χ0v) is 14.5. The van der Waals surface area contributed by atoms with Gasteiger partial charge in [0, 0.05) is 24.2 Å². The maximum absolute atomic E-state index is 12.8. The van der Waals surface area contributed by atoms with Crippen LogP contribution in [0.3, 0.4) is 0 Å². The molecule has 0 aliphatic carbocycles. The second-order valence-electron chi connectivity index (χ2n) is 6.00. The molecule has 0 aromatic heterocycles. The van der Waals surface area contributed by atoms with Crippen LogP contribution in [-0.2, 0) is 9.59 Å². The van der Waals surface area contributed by atoms with E-state index in [-0.39, 0.29) is 23.5 Å². The molecule has 2 aromatic rings. The van der Waals surface area contributed by atoms with Crippen LogP contribution in [0.4, 0.5) is 17.1 Å². The van der Waals surface area contributed by atoms with Crippen LogP contribution >= 0.6 is 0 Å².